The maximum Gasteiger partial charge on any atom is 0.227 e. The van der Waals surface area contributed by atoms with Gasteiger partial charge in [-0.05, 0) is 43.0 Å². The van der Waals surface area contributed by atoms with Crippen LogP contribution in [0.1, 0.15) is 50.8 Å². The fourth-order valence-electron chi connectivity index (χ4n) is 4.09. The van der Waals surface area contributed by atoms with Crippen molar-refractivity contribution in [1.82, 2.24) is 14.4 Å². The van der Waals surface area contributed by atoms with Crippen LogP contribution in [-0.4, -0.2) is 41.2 Å². The van der Waals surface area contributed by atoms with Crippen LogP contribution in [0.15, 0.2) is 21.3 Å². The normalized spacial score (nSPS) is 23.3. The zero-order valence-corrected chi connectivity index (χ0v) is 16.5. The molecule has 0 amide bonds. The molecule has 2 aromatic heterocycles. The molecule has 0 spiro atoms. The topological polar surface area (TPSA) is 76.3 Å². The smallest absolute Gasteiger partial charge is 0.227 e. The van der Waals surface area contributed by atoms with E-state index >= 15 is 0 Å². The number of hydrogen-bond acceptors (Lipinski definition) is 6. The Hall–Kier alpha value is -1.25. The molecule has 142 valence electrons. The molecule has 4 rings (SSSR count). The monoisotopic (exact) mass is 395 g/mol. The highest BCUT2D eigenvalue weighted by atomic mass is 32.2. The summed E-state index contributed by atoms with van der Waals surface area (Å²) in [5.41, 5.74) is 0.968. The predicted octanol–water partition coefficient (Wildman–Crippen LogP) is 3.72. The van der Waals surface area contributed by atoms with Gasteiger partial charge in [0.05, 0.1) is 5.25 Å². The molecule has 2 fully saturated rings. The highest BCUT2D eigenvalue weighted by molar-refractivity contribution is 7.89. The lowest BCUT2D eigenvalue weighted by molar-refractivity contribution is 0.243. The van der Waals surface area contributed by atoms with Gasteiger partial charge in [-0.3, -0.25) is 0 Å². The number of hydrogen-bond donors (Lipinski definition) is 0. The molecule has 6 nitrogen and oxygen atoms in total. The Kier molecular flexibility index (Phi) is 5.42. The van der Waals surface area contributed by atoms with Crippen molar-refractivity contribution in [1.29, 1.82) is 0 Å². The van der Waals surface area contributed by atoms with E-state index in [1.807, 2.05) is 16.8 Å². The molecule has 2 aliphatic rings. The summed E-state index contributed by atoms with van der Waals surface area (Å²) in [6, 6.07) is 1.97. The van der Waals surface area contributed by atoms with Crippen LogP contribution >= 0.6 is 11.3 Å². The van der Waals surface area contributed by atoms with E-state index in [-0.39, 0.29) is 11.2 Å². The van der Waals surface area contributed by atoms with E-state index < -0.39 is 10.0 Å². The van der Waals surface area contributed by atoms with Gasteiger partial charge in [-0.1, -0.05) is 24.4 Å². The van der Waals surface area contributed by atoms with Crippen molar-refractivity contribution in [2.45, 2.75) is 56.6 Å². The molecule has 2 aromatic rings. The van der Waals surface area contributed by atoms with Gasteiger partial charge in [0.25, 0.3) is 0 Å². The minimum absolute atomic E-state index is 0.177. The Morgan fingerprint density at radius 2 is 2.04 bits per heavy atom. The van der Waals surface area contributed by atoms with E-state index in [9.17, 15) is 8.42 Å². The first-order chi connectivity index (χ1) is 12.6. The summed E-state index contributed by atoms with van der Waals surface area (Å²) in [6.45, 7) is 1.23. The van der Waals surface area contributed by atoms with E-state index in [1.54, 1.807) is 15.6 Å². The lowest BCUT2D eigenvalue weighted by atomic mass is 9.96. The Labute approximate surface area is 158 Å². The van der Waals surface area contributed by atoms with Gasteiger partial charge in [0.15, 0.2) is 0 Å². The van der Waals surface area contributed by atoms with Crippen molar-refractivity contribution in [2.24, 2.45) is 5.92 Å². The zero-order valence-electron chi connectivity index (χ0n) is 14.8. The van der Waals surface area contributed by atoms with Gasteiger partial charge in [-0.25, -0.2) is 12.7 Å². The zero-order chi connectivity index (χ0) is 18.0. The molecule has 1 unspecified atom stereocenters. The second kappa shape index (κ2) is 7.78. The summed E-state index contributed by atoms with van der Waals surface area (Å²) >= 11 is 1.60. The number of thiophene rings is 1. The summed E-state index contributed by atoms with van der Waals surface area (Å²) in [6.07, 6.45) is 7.43. The quantitative estimate of drug-likeness (QED) is 0.771. The molecule has 1 aliphatic carbocycles. The maximum atomic E-state index is 13.0. The summed E-state index contributed by atoms with van der Waals surface area (Å²) in [4.78, 5) is 4.48. The van der Waals surface area contributed by atoms with Gasteiger partial charge < -0.3 is 4.52 Å². The Morgan fingerprint density at radius 1 is 1.19 bits per heavy atom. The first kappa shape index (κ1) is 18.1. The van der Waals surface area contributed by atoms with Crippen molar-refractivity contribution in [2.75, 3.05) is 13.1 Å². The Morgan fingerprint density at radius 3 is 2.81 bits per heavy atom. The summed E-state index contributed by atoms with van der Waals surface area (Å²) in [5.74, 6) is 1.47. The third-order valence-electron chi connectivity index (χ3n) is 5.53. The average Bonchev–Trinajstić information content (AvgIpc) is 3.34. The van der Waals surface area contributed by atoms with Gasteiger partial charge in [0.1, 0.15) is 0 Å². The number of nitrogens with zero attached hydrogens (tertiary/aromatic N) is 3. The summed E-state index contributed by atoms with van der Waals surface area (Å²) in [5, 5.41) is 7.86. The number of rotatable bonds is 5. The SMILES string of the molecule is O=S(=O)(C1CCCCC1)N1CCCC(Cc2nc(-c3ccsc3)no2)C1. The van der Waals surface area contributed by atoms with Crippen LogP contribution in [0.25, 0.3) is 11.4 Å². The largest absolute Gasteiger partial charge is 0.339 e. The third-order valence-corrected chi connectivity index (χ3v) is 8.57. The Balaban J connectivity index is 1.40. The van der Waals surface area contributed by atoms with Crippen LogP contribution in [0.3, 0.4) is 0 Å². The number of aromatic nitrogens is 2. The van der Waals surface area contributed by atoms with Gasteiger partial charge in [-0.15, -0.1) is 0 Å². The molecular formula is C18H25N3O3S2. The molecule has 1 saturated heterocycles. The summed E-state index contributed by atoms with van der Waals surface area (Å²) in [7, 11) is -3.17. The highest BCUT2D eigenvalue weighted by Gasteiger charge is 2.36. The minimum atomic E-state index is -3.17. The average molecular weight is 396 g/mol. The predicted molar refractivity (Wildman–Crippen MR) is 101 cm³/mol. The van der Waals surface area contributed by atoms with Gasteiger partial charge in [-0.2, -0.15) is 16.3 Å². The number of sulfonamides is 1. The second-order valence-corrected chi connectivity index (χ2v) is 10.4. The maximum absolute atomic E-state index is 13.0. The van der Waals surface area contributed by atoms with E-state index in [2.05, 4.69) is 10.1 Å². The van der Waals surface area contributed by atoms with E-state index in [0.717, 1.165) is 50.5 Å². The molecule has 0 aromatic carbocycles. The molecule has 0 bridgehead atoms. The molecule has 1 atom stereocenters. The van der Waals surface area contributed by atoms with Crippen LogP contribution in [0.2, 0.25) is 0 Å². The van der Waals surface area contributed by atoms with Gasteiger partial charge in [0, 0.05) is 30.5 Å². The standard InChI is InChI=1S/C18H25N3O3S2/c22-26(23,16-6-2-1-3-7-16)21-9-4-5-14(12-21)11-17-19-18(20-24-17)15-8-10-25-13-15/h8,10,13-14,16H,1-7,9,11-12H2. The third kappa shape index (κ3) is 3.87. The van der Waals surface area contributed by atoms with Crippen LogP contribution in [-0.2, 0) is 16.4 Å². The van der Waals surface area contributed by atoms with Crippen LogP contribution in [0.4, 0.5) is 0 Å². The fraction of sp³-hybridized carbons (Fsp3) is 0.667. The van der Waals surface area contributed by atoms with Crippen molar-refractivity contribution in [3.05, 3.63) is 22.7 Å². The van der Waals surface area contributed by atoms with Gasteiger partial charge >= 0.3 is 0 Å². The van der Waals surface area contributed by atoms with Crippen molar-refractivity contribution in [3.8, 4) is 11.4 Å². The van der Waals surface area contributed by atoms with E-state index in [1.165, 1.54) is 0 Å². The molecule has 3 heterocycles. The molecule has 1 saturated carbocycles. The molecule has 0 N–H and O–H groups in total. The van der Waals surface area contributed by atoms with Crippen molar-refractivity contribution < 1.29 is 12.9 Å². The van der Waals surface area contributed by atoms with Crippen molar-refractivity contribution >= 4 is 21.4 Å². The van der Waals surface area contributed by atoms with E-state index in [0.29, 0.717) is 31.2 Å². The van der Waals surface area contributed by atoms with E-state index in [4.69, 9.17) is 4.52 Å². The lowest BCUT2D eigenvalue weighted by Crippen LogP contribution is -2.45. The summed E-state index contributed by atoms with van der Waals surface area (Å²) < 4.78 is 33.1. The Bertz CT molecular complexity index is 811. The molecule has 0 radical (unpaired) electrons. The first-order valence-electron chi connectivity index (χ1n) is 9.47. The molecule has 26 heavy (non-hydrogen) atoms. The highest BCUT2D eigenvalue weighted by Crippen LogP contribution is 2.30. The molecule has 1 aliphatic heterocycles. The van der Waals surface area contributed by atoms with Crippen LogP contribution < -0.4 is 0 Å². The van der Waals surface area contributed by atoms with Crippen LogP contribution in [0, 0.1) is 5.92 Å². The number of piperidine rings is 1. The minimum Gasteiger partial charge on any atom is -0.339 e. The first-order valence-corrected chi connectivity index (χ1v) is 11.9. The van der Waals surface area contributed by atoms with Crippen molar-refractivity contribution in [3.63, 3.8) is 0 Å². The second-order valence-electron chi connectivity index (χ2n) is 7.40. The molecular weight excluding hydrogens is 370 g/mol. The fourth-order valence-corrected chi connectivity index (χ4v) is 6.88. The van der Waals surface area contributed by atoms with Gasteiger partial charge in [0.2, 0.25) is 21.7 Å². The van der Waals surface area contributed by atoms with Crippen LogP contribution in [0.5, 0.6) is 0 Å². The lowest BCUT2D eigenvalue weighted by Gasteiger charge is -2.35. The molecule has 8 heteroatoms.